The number of rotatable bonds is 5. The van der Waals surface area contributed by atoms with Crippen LogP contribution in [-0.2, 0) is 17.7 Å². The fourth-order valence-corrected chi connectivity index (χ4v) is 3.06. The Labute approximate surface area is 140 Å². The van der Waals surface area contributed by atoms with E-state index in [0.29, 0.717) is 18.5 Å². The normalized spacial score (nSPS) is 11.0. The average molecular weight is 324 g/mol. The Morgan fingerprint density at radius 1 is 1.25 bits per heavy atom. The van der Waals surface area contributed by atoms with Crippen LogP contribution in [0.15, 0.2) is 42.6 Å². The van der Waals surface area contributed by atoms with Gasteiger partial charge in [-0.25, -0.2) is 4.79 Å². The fourth-order valence-electron chi connectivity index (χ4n) is 3.06. The minimum Gasteiger partial charge on any atom is -0.465 e. The molecule has 124 valence electrons. The fraction of sp³-hybridized carbons (Fsp3) is 0.263. The molecule has 0 spiro atoms. The largest absolute Gasteiger partial charge is 0.465 e. The number of aliphatic hydroxyl groups excluding tert-OH is 1. The Hall–Kier alpha value is -2.66. The Morgan fingerprint density at radius 3 is 2.71 bits per heavy atom. The molecule has 0 saturated heterocycles. The zero-order valence-electron chi connectivity index (χ0n) is 13.8. The number of pyridine rings is 1. The van der Waals surface area contributed by atoms with Crippen molar-refractivity contribution in [3.63, 3.8) is 0 Å². The molecule has 0 unspecified atom stereocenters. The lowest BCUT2D eigenvalue weighted by molar-refractivity contribution is 0.0600. The second-order valence-electron chi connectivity index (χ2n) is 5.66. The molecule has 0 aliphatic rings. The number of carbonyl (C=O) groups excluding carboxylic acids is 1. The minimum atomic E-state index is -0.384. The molecule has 3 rings (SSSR count). The van der Waals surface area contributed by atoms with Crippen molar-refractivity contribution >= 4 is 16.9 Å². The second kappa shape index (κ2) is 6.84. The maximum Gasteiger partial charge on any atom is 0.339 e. The number of carbonyl (C=O) groups is 1. The van der Waals surface area contributed by atoms with Crippen molar-refractivity contribution in [1.29, 1.82) is 0 Å². The van der Waals surface area contributed by atoms with E-state index in [2.05, 4.69) is 28.6 Å². The number of esters is 1. The summed E-state index contributed by atoms with van der Waals surface area (Å²) in [7, 11) is 1.36. The molecule has 0 saturated carbocycles. The van der Waals surface area contributed by atoms with Crippen molar-refractivity contribution in [3.05, 3.63) is 65.1 Å². The molecule has 0 aliphatic carbocycles. The van der Waals surface area contributed by atoms with Gasteiger partial charge >= 0.3 is 5.97 Å². The summed E-state index contributed by atoms with van der Waals surface area (Å²) in [5.74, 6) is -0.384. The maximum absolute atomic E-state index is 11.5. The molecule has 0 bridgehead atoms. The minimum absolute atomic E-state index is 0.102. The molecular formula is C19H20N2O3. The number of ether oxygens (including phenoxy) is 1. The van der Waals surface area contributed by atoms with Crippen LogP contribution in [0.5, 0.6) is 0 Å². The third-order valence-corrected chi connectivity index (χ3v) is 4.29. The zero-order chi connectivity index (χ0) is 17.1. The third-order valence-electron chi connectivity index (χ3n) is 4.29. The molecule has 5 heteroatoms. The number of aromatic nitrogens is 2. The van der Waals surface area contributed by atoms with E-state index in [1.165, 1.54) is 18.1 Å². The molecular weight excluding hydrogens is 304 g/mol. The van der Waals surface area contributed by atoms with Gasteiger partial charge in [0, 0.05) is 41.5 Å². The van der Waals surface area contributed by atoms with Crippen LogP contribution < -0.4 is 0 Å². The molecule has 24 heavy (non-hydrogen) atoms. The Morgan fingerprint density at radius 2 is 2.04 bits per heavy atom. The van der Waals surface area contributed by atoms with Gasteiger partial charge in [-0.15, -0.1) is 0 Å². The maximum atomic E-state index is 11.5. The number of aliphatic hydroxyl groups is 1. The van der Waals surface area contributed by atoms with Crippen LogP contribution in [0, 0.1) is 6.92 Å². The van der Waals surface area contributed by atoms with E-state index in [-0.39, 0.29) is 12.6 Å². The third kappa shape index (κ3) is 2.90. The summed E-state index contributed by atoms with van der Waals surface area (Å²) in [6.45, 7) is 2.74. The highest BCUT2D eigenvalue weighted by Crippen LogP contribution is 2.27. The summed E-state index contributed by atoms with van der Waals surface area (Å²) in [5.41, 5.74) is 4.77. The summed E-state index contributed by atoms with van der Waals surface area (Å²) in [5, 5.41) is 10.5. The molecule has 5 nitrogen and oxygen atoms in total. The smallest absolute Gasteiger partial charge is 0.339 e. The number of benzene rings is 1. The van der Waals surface area contributed by atoms with Crippen molar-refractivity contribution < 1.29 is 14.6 Å². The summed E-state index contributed by atoms with van der Waals surface area (Å²) < 4.78 is 6.83. The van der Waals surface area contributed by atoms with Gasteiger partial charge in [-0.2, -0.15) is 0 Å². The van der Waals surface area contributed by atoms with Crippen LogP contribution in [0.2, 0.25) is 0 Å². The van der Waals surface area contributed by atoms with Gasteiger partial charge in [0.25, 0.3) is 0 Å². The van der Waals surface area contributed by atoms with Crippen LogP contribution in [-0.4, -0.2) is 34.3 Å². The monoisotopic (exact) mass is 324 g/mol. The Balaban J connectivity index is 1.98. The van der Waals surface area contributed by atoms with E-state index in [1.807, 2.05) is 18.2 Å². The van der Waals surface area contributed by atoms with E-state index in [0.717, 1.165) is 16.9 Å². The van der Waals surface area contributed by atoms with Crippen molar-refractivity contribution in [3.8, 4) is 0 Å². The van der Waals surface area contributed by atoms with Crippen LogP contribution in [0.1, 0.15) is 27.3 Å². The van der Waals surface area contributed by atoms with Gasteiger partial charge in [-0.05, 0) is 30.7 Å². The van der Waals surface area contributed by atoms with E-state index in [1.54, 1.807) is 12.3 Å². The first-order valence-electron chi connectivity index (χ1n) is 7.86. The van der Waals surface area contributed by atoms with Gasteiger partial charge < -0.3 is 14.4 Å². The van der Waals surface area contributed by atoms with Gasteiger partial charge in [-0.1, -0.05) is 18.2 Å². The number of hydrogen-bond donors (Lipinski definition) is 1. The molecule has 1 aromatic carbocycles. The van der Waals surface area contributed by atoms with E-state index < -0.39 is 0 Å². The van der Waals surface area contributed by atoms with Crippen molar-refractivity contribution in [2.24, 2.45) is 0 Å². The van der Waals surface area contributed by atoms with Gasteiger partial charge in [0.2, 0.25) is 0 Å². The molecule has 0 radical (unpaired) electrons. The predicted molar refractivity (Wildman–Crippen MR) is 92.1 cm³/mol. The molecule has 1 N–H and O–H groups in total. The molecule has 3 aromatic rings. The summed E-state index contributed by atoms with van der Waals surface area (Å²) in [4.78, 5) is 15.9. The number of fused-ring (bicyclic) bond motifs is 1. The van der Waals surface area contributed by atoms with Crippen LogP contribution in [0.4, 0.5) is 0 Å². The van der Waals surface area contributed by atoms with Gasteiger partial charge in [0.05, 0.1) is 19.3 Å². The van der Waals surface area contributed by atoms with Crippen LogP contribution in [0.3, 0.4) is 0 Å². The summed E-state index contributed by atoms with van der Waals surface area (Å²) in [6, 6.07) is 11.8. The van der Waals surface area contributed by atoms with Gasteiger partial charge in [0.15, 0.2) is 0 Å². The molecule has 0 aliphatic heterocycles. The molecule has 0 fully saturated rings. The highest BCUT2D eigenvalue weighted by Gasteiger charge is 2.14. The quantitative estimate of drug-likeness (QED) is 0.733. The van der Waals surface area contributed by atoms with Gasteiger partial charge in [-0.3, -0.25) is 4.98 Å². The standard InChI is InChI=1S/C19H20N2O3/c1-13-17(11-15-8-7-14(12-20-15)19(23)24-2)16-5-3-4-6-18(16)21(13)9-10-22/h3-8,12,22H,9-11H2,1-2H3. The van der Waals surface area contributed by atoms with E-state index in [9.17, 15) is 9.90 Å². The highest BCUT2D eigenvalue weighted by molar-refractivity contribution is 5.89. The first kappa shape index (κ1) is 16.2. The Kier molecular flexibility index (Phi) is 4.62. The number of nitrogens with zero attached hydrogens (tertiary/aromatic N) is 2. The molecule has 2 aromatic heterocycles. The number of methoxy groups -OCH3 is 1. The van der Waals surface area contributed by atoms with Crippen molar-refractivity contribution in [2.75, 3.05) is 13.7 Å². The number of hydrogen-bond acceptors (Lipinski definition) is 4. The predicted octanol–water partition coefficient (Wildman–Crippen LogP) is 2.71. The summed E-state index contributed by atoms with van der Waals surface area (Å²) >= 11 is 0. The number of para-hydroxylation sites is 1. The molecule has 0 amide bonds. The lowest BCUT2D eigenvalue weighted by Gasteiger charge is -2.07. The lowest BCUT2D eigenvalue weighted by atomic mass is 10.1. The topological polar surface area (TPSA) is 64.3 Å². The second-order valence-corrected chi connectivity index (χ2v) is 5.66. The Bertz CT molecular complexity index is 866. The van der Waals surface area contributed by atoms with E-state index in [4.69, 9.17) is 4.74 Å². The molecule has 0 atom stereocenters. The molecule has 2 heterocycles. The first-order chi connectivity index (χ1) is 11.7. The van der Waals surface area contributed by atoms with Crippen molar-refractivity contribution in [2.45, 2.75) is 19.9 Å². The first-order valence-corrected chi connectivity index (χ1v) is 7.86. The highest BCUT2D eigenvalue weighted by atomic mass is 16.5. The lowest BCUT2D eigenvalue weighted by Crippen LogP contribution is -2.05. The van der Waals surface area contributed by atoms with Gasteiger partial charge in [0.1, 0.15) is 0 Å². The SMILES string of the molecule is COC(=O)c1ccc(Cc2c(C)n(CCO)c3ccccc23)nc1. The van der Waals surface area contributed by atoms with E-state index >= 15 is 0 Å². The van der Waals surface area contributed by atoms with Crippen LogP contribution in [0.25, 0.3) is 10.9 Å². The van der Waals surface area contributed by atoms with Crippen molar-refractivity contribution in [1.82, 2.24) is 9.55 Å². The zero-order valence-corrected chi connectivity index (χ0v) is 13.8. The average Bonchev–Trinajstić information content (AvgIpc) is 2.88. The van der Waals surface area contributed by atoms with Crippen LogP contribution >= 0.6 is 0 Å². The summed E-state index contributed by atoms with van der Waals surface area (Å²) in [6.07, 6.45) is 2.22.